The molecule has 1 N–H and O–H groups in total. The molecule has 1 atom stereocenters. The molecular formula is C30H31Cl3N2O3. The molecule has 3 aromatic rings. The van der Waals surface area contributed by atoms with Crippen LogP contribution in [0.25, 0.3) is 0 Å². The van der Waals surface area contributed by atoms with Gasteiger partial charge in [-0.05, 0) is 60.4 Å². The van der Waals surface area contributed by atoms with E-state index >= 15 is 0 Å². The number of hydrogen-bond acceptors (Lipinski definition) is 3. The highest BCUT2D eigenvalue weighted by atomic mass is 35.5. The molecule has 1 saturated carbocycles. The number of amides is 2. The topological polar surface area (TPSA) is 58.6 Å². The van der Waals surface area contributed by atoms with E-state index in [4.69, 9.17) is 39.5 Å². The second-order valence-corrected chi connectivity index (χ2v) is 10.8. The Labute approximate surface area is 239 Å². The van der Waals surface area contributed by atoms with Gasteiger partial charge in [0, 0.05) is 24.0 Å². The number of carbonyl (C=O) groups excluding carboxylic acids is 2. The van der Waals surface area contributed by atoms with Crippen LogP contribution >= 0.6 is 34.8 Å². The molecule has 8 heteroatoms. The van der Waals surface area contributed by atoms with E-state index in [9.17, 15) is 9.59 Å². The smallest absolute Gasteiger partial charge is 0.261 e. The monoisotopic (exact) mass is 572 g/mol. The van der Waals surface area contributed by atoms with Gasteiger partial charge in [-0.1, -0.05) is 90.5 Å². The molecule has 0 spiro atoms. The molecule has 200 valence electrons. The molecule has 0 saturated heterocycles. The summed E-state index contributed by atoms with van der Waals surface area (Å²) in [7, 11) is 0. The molecule has 3 aromatic carbocycles. The average Bonchev–Trinajstić information content (AvgIpc) is 2.93. The second kappa shape index (κ2) is 13.9. The first-order chi connectivity index (χ1) is 18.4. The Morgan fingerprint density at radius 3 is 2.26 bits per heavy atom. The molecule has 0 radical (unpaired) electrons. The third kappa shape index (κ3) is 8.13. The minimum atomic E-state index is -0.741. The summed E-state index contributed by atoms with van der Waals surface area (Å²) >= 11 is 18.4. The van der Waals surface area contributed by atoms with Crippen molar-refractivity contribution in [1.82, 2.24) is 10.2 Å². The van der Waals surface area contributed by atoms with Crippen molar-refractivity contribution in [3.05, 3.63) is 99.0 Å². The molecule has 2 amide bonds. The van der Waals surface area contributed by atoms with E-state index in [0.29, 0.717) is 27.2 Å². The standard InChI is InChI=1S/C30H31Cl3N2O3/c31-23-12-14-25(15-13-23)38-20-29(36)35(19-22-11-16-26(32)27(33)17-22)28(18-21-7-3-1-4-8-21)30(37)34-24-9-5-2-6-10-24/h1,3-4,7-8,11-17,24,28H,2,5-6,9-10,18-20H2,(H,34,37)/t28-/m0/s1. The number of nitrogens with one attached hydrogen (secondary N) is 1. The molecule has 0 unspecified atom stereocenters. The van der Waals surface area contributed by atoms with E-state index in [0.717, 1.165) is 36.8 Å². The minimum Gasteiger partial charge on any atom is -0.484 e. The van der Waals surface area contributed by atoms with Gasteiger partial charge < -0.3 is 15.0 Å². The number of carbonyl (C=O) groups is 2. The summed E-state index contributed by atoms with van der Waals surface area (Å²) in [6, 6.07) is 21.1. The molecule has 0 aliphatic heterocycles. The van der Waals surface area contributed by atoms with E-state index in [2.05, 4.69) is 5.32 Å². The highest BCUT2D eigenvalue weighted by molar-refractivity contribution is 6.42. The van der Waals surface area contributed by atoms with Gasteiger partial charge in [0.05, 0.1) is 10.0 Å². The maximum absolute atomic E-state index is 13.8. The van der Waals surface area contributed by atoms with Crippen molar-refractivity contribution in [2.45, 2.75) is 57.2 Å². The van der Waals surface area contributed by atoms with Crippen LogP contribution in [0.3, 0.4) is 0 Å². The Morgan fingerprint density at radius 2 is 1.58 bits per heavy atom. The lowest BCUT2D eigenvalue weighted by Crippen LogP contribution is -2.53. The Bertz CT molecular complexity index is 1220. The van der Waals surface area contributed by atoms with Crippen LogP contribution in [0.15, 0.2) is 72.8 Å². The molecule has 0 heterocycles. The van der Waals surface area contributed by atoms with Gasteiger partial charge in [0.25, 0.3) is 5.91 Å². The zero-order valence-electron chi connectivity index (χ0n) is 21.0. The quantitative estimate of drug-likeness (QED) is 0.281. The molecule has 1 aliphatic carbocycles. The van der Waals surface area contributed by atoms with Crippen molar-refractivity contribution >= 4 is 46.6 Å². The Morgan fingerprint density at radius 1 is 0.868 bits per heavy atom. The van der Waals surface area contributed by atoms with Gasteiger partial charge >= 0.3 is 0 Å². The van der Waals surface area contributed by atoms with Crippen LogP contribution in [-0.2, 0) is 22.6 Å². The van der Waals surface area contributed by atoms with Crippen molar-refractivity contribution in [2.75, 3.05) is 6.61 Å². The lowest BCUT2D eigenvalue weighted by Gasteiger charge is -2.33. The first-order valence-electron chi connectivity index (χ1n) is 12.8. The molecule has 1 aliphatic rings. The number of nitrogens with zero attached hydrogens (tertiary/aromatic N) is 1. The summed E-state index contributed by atoms with van der Waals surface area (Å²) in [4.78, 5) is 29.1. The number of ether oxygens (including phenoxy) is 1. The lowest BCUT2D eigenvalue weighted by molar-refractivity contribution is -0.143. The number of benzene rings is 3. The zero-order chi connectivity index (χ0) is 26.9. The number of hydrogen-bond donors (Lipinski definition) is 1. The third-order valence-electron chi connectivity index (χ3n) is 6.74. The summed E-state index contributed by atoms with van der Waals surface area (Å²) in [5.41, 5.74) is 1.73. The van der Waals surface area contributed by atoms with Crippen molar-refractivity contribution in [1.29, 1.82) is 0 Å². The largest absolute Gasteiger partial charge is 0.484 e. The van der Waals surface area contributed by atoms with Crippen LogP contribution in [0.2, 0.25) is 15.1 Å². The Kier molecular flexibility index (Phi) is 10.3. The van der Waals surface area contributed by atoms with E-state index < -0.39 is 6.04 Å². The first kappa shape index (κ1) is 28.3. The average molecular weight is 574 g/mol. The Balaban J connectivity index is 1.62. The van der Waals surface area contributed by atoms with Crippen LogP contribution in [0.5, 0.6) is 5.75 Å². The van der Waals surface area contributed by atoms with Gasteiger partial charge in [0.1, 0.15) is 11.8 Å². The van der Waals surface area contributed by atoms with E-state index in [-0.39, 0.29) is 31.0 Å². The van der Waals surface area contributed by atoms with E-state index in [1.54, 1.807) is 41.3 Å². The van der Waals surface area contributed by atoms with Gasteiger partial charge in [-0.3, -0.25) is 9.59 Å². The maximum atomic E-state index is 13.8. The van der Waals surface area contributed by atoms with Gasteiger partial charge in [-0.25, -0.2) is 0 Å². The summed E-state index contributed by atoms with van der Waals surface area (Å²) in [5.74, 6) is 0.0370. The first-order valence-corrected chi connectivity index (χ1v) is 14.0. The van der Waals surface area contributed by atoms with Crippen molar-refractivity contribution in [3.8, 4) is 5.75 Å². The zero-order valence-corrected chi connectivity index (χ0v) is 23.3. The highest BCUT2D eigenvalue weighted by Crippen LogP contribution is 2.25. The molecule has 0 bridgehead atoms. The predicted molar refractivity (Wildman–Crippen MR) is 153 cm³/mol. The summed E-state index contributed by atoms with van der Waals surface area (Å²) in [6.45, 7) is -0.0553. The third-order valence-corrected chi connectivity index (χ3v) is 7.73. The Hall–Kier alpha value is -2.73. The van der Waals surface area contributed by atoms with Gasteiger partial charge in [0.15, 0.2) is 6.61 Å². The van der Waals surface area contributed by atoms with Gasteiger partial charge in [0.2, 0.25) is 5.91 Å². The normalized spacial score (nSPS) is 14.5. The van der Waals surface area contributed by atoms with Crippen LogP contribution in [0.1, 0.15) is 43.2 Å². The number of rotatable bonds is 10. The van der Waals surface area contributed by atoms with Crippen molar-refractivity contribution < 1.29 is 14.3 Å². The molecule has 38 heavy (non-hydrogen) atoms. The SMILES string of the molecule is O=C(NC1CCCCC1)[C@H](Cc1ccccc1)N(Cc1ccc(Cl)c(Cl)c1)C(=O)COc1ccc(Cl)cc1. The second-order valence-electron chi connectivity index (χ2n) is 9.56. The minimum absolute atomic E-state index is 0.113. The van der Waals surface area contributed by atoms with Gasteiger partial charge in [-0.15, -0.1) is 0 Å². The van der Waals surface area contributed by atoms with Crippen LogP contribution < -0.4 is 10.1 Å². The molecular weight excluding hydrogens is 543 g/mol. The fourth-order valence-electron chi connectivity index (χ4n) is 4.69. The van der Waals surface area contributed by atoms with Crippen LogP contribution in [0.4, 0.5) is 0 Å². The van der Waals surface area contributed by atoms with E-state index in [1.807, 2.05) is 36.4 Å². The number of halogens is 3. The fourth-order valence-corrected chi connectivity index (χ4v) is 5.14. The summed E-state index contributed by atoms with van der Waals surface area (Å²) in [5, 5.41) is 4.62. The molecule has 0 aromatic heterocycles. The van der Waals surface area contributed by atoms with Crippen molar-refractivity contribution in [3.63, 3.8) is 0 Å². The molecule has 5 nitrogen and oxygen atoms in total. The maximum Gasteiger partial charge on any atom is 0.261 e. The van der Waals surface area contributed by atoms with E-state index in [1.165, 1.54) is 6.42 Å². The van der Waals surface area contributed by atoms with Gasteiger partial charge in [-0.2, -0.15) is 0 Å². The predicted octanol–water partition coefficient (Wildman–Crippen LogP) is 7.11. The fraction of sp³-hybridized carbons (Fsp3) is 0.333. The summed E-state index contributed by atoms with van der Waals surface area (Å²) < 4.78 is 5.79. The molecule has 4 rings (SSSR count). The summed E-state index contributed by atoms with van der Waals surface area (Å²) in [6.07, 6.45) is 5.63. The van der Waals surface area contributed by atoms with Crippen LogP contribution in [0, 0.1) is 0 Å². The van der Waals surface area contributed by atoms with Crippen molar-refractivity contribution in [2.24, 2.45) is 0 Å². The van der Waals surface area contributed by atoms with Crippen LogP contribution in [-0.4, -0.2) is 35.4 Å². The highest BCUT2D eigenvalue weighted by Gasteiger charge is 2.32. The lowest BCUT2D eigenvalue weighted by atomic mass is 9.94. The molecule has 1 fully saturated rings.